The molecule has 0 aliphatic heterocycles. The van der Waals surface area contributed by atoms with Gasteiger partial charge >= 0.3 is 11.9 Å². The number of carbonyl (C=O) groups is 4. The number of aryl methyl sites for hydroxylation is 3. The number of rotatable bonds is 8. The zero-order chi connectivity index (χ0) is 35.2. The Balaban J connectivity index is 1.36. The van der Waals surface area contributed by atoms with Crippen LogP contribution >= 0.6 is 0 Å². The Hall–Kier alpha value is -6.96. The number of nitrogens with zero attached hydrogens (tertiary/aromatic N) is 4. The number of anilines is 3. The first-order chi connectivity index (χ1) is 23.4. The van der Waals surface area contributed by atoms with Crippen molar-refractivity contribution in [1.29, 1.82) is 0 Å². The molecule has 0 aromatic heterocycles. The molecule has 0 unspecified atom stereocenters. The van der Waals surface area contributed by atoms with Gasteiger partial charge in [0.15, 0.2) is 5.78 Å². The number of hydrazone groups is 2. The Morgan fingerprint density at radius 1 is 0.653 bits per heavy atom. The number of benzene rings is 3. The third kappa shape index (κ3) is 8.07. The fourth-order valence-electron chi connectivity index (χ4n) is 4.63. The zero-order valence-corrected chi connectivity index (χ0v) is 26.3. The van der Waals surface area contributed by atoms with Crippen LogP contribution in [0.2, 0.25) is 0 Å². The number of carboxylic acids is 1. The van der Waals surface area contributed by atoms with Gasteiger partial charge in [-0.2, -0.15) is 15.3 Å². The summed E-state index contributed by atoms with van der Waals surface area (Å²) in [7, 11) is 0. The SMILES string of the molecule is Cc1cc(-c2ccc(NN=C3C=CC(O)=CC3=O)c(C)c2)ccc1N=Nc1cc(C)c(NN=C2C=CC(=O)C=C2O)cc1NC(=O)C(=O)O. The monoisotopic (exact) mass is 659 g/mol. The lowest BCUT2D eigenvalue weighted by atomic mass is 10.00. The van der Waals surface area contributed by atoms with Crippen LogP contribution < -0.4 is 16.2 Å². The van der Waals surface area contributed by atoms with Gasteiger partial charge in [-0.05, 0) is 109 Å². The molecule has 5 rings (SSSR count). The number of aliphatic hydroxyl groups is 2. The number of hydrogen-bond donors (Lipinski definition) is 6. The summed E-state index contributed by atoms with van der Waals surface area (Å²) in [4.78, 5) is 46.8. The zero-order valence-electron chi connectivity index (χ0n) is 26.3. The third-order valence-corrected chi connectivity index (χ3v) is 7.29. The quantitative estimate of drug-likeness (QED) is 0.0517. The van der Waals surface area contributed by atoms with Crippen molar-refractivity contribution in [2.75, 3.05) is 16.2 Å². The third-order valence-electron chi connectivity index (χ3n) is 7.29. The fraction of sp³-hybridized carbons (Fsp3) is 0.0857. The first-order valence-corrected chi connectivity index (χ1v) is 14.6. The minimum Gasteiger partial charge on any atom is -0.508 e. The van der Waals surface area contributed by atoms with Crippen LogP contribution in [0, 0.1) is 20.8 Å². The van der Waals surface area contributed by atoms with Gasteiger partial charge in [-0.1, -0.05) is 12.1 Å². The second-order valence-electron chi connectivity index (χ2n) is 10.9. The highest BCUT2D eigenvalue weighted by Gasteiger charge is 2.17. The molecule has 0 saturated heterocycles. The predicted octanol–water partition coefficient (Wildman–Crippen LogP) is 6.41. The van der Waals surface area contributed by atoms with Crippen molar-refractivity contribution in [1.82, 2.24) is 0 Å². The molecule has 0 radical (unpaired) electrons. The first-order valence-electron chi connectivity index (χ1n) is 14.6. The lowest BCUT2D eigenvalue weighted by molar-refractivity contribution is -0.147. The second-order valence-corrected chi connectivity index (χ2v) is 10.9. The molecule has 6 N–H and O–H groups in total. The van der Waals surface area contributed by atoms with E-state index >= 15 is 0 Å². The summed E-state index contributed by atoms with van der Waals surface area (Å²) in [5.74, 6) is -4.22. The van der Waals surface area contributed by atoms with Gasteiger partial charge in [-0.15, -0.1) is 5.11 Å². The lowest BCUT2D eigenvalue weighted by Crippen LogP contribution is -2.22. The smallest absolute Gasteiger partial charge is 0.394 e. The van der Waals surface area contributed by atoms with Crippen molar-refractivity contribution in [3.63, 3.8) is 0 Å². The van der Waals surface area contributed by atoms with Crippen LogP contribution in [0.5, 0.6) is 0 Å². The maximum Gasteiger partial charge on any atom is 0.394 e. The molecule has 246 valence electrons. The number of ketones is 2. The lowest BCUT2D eigenvalue weighted by Gasteiger charge is -2.13. The fourth-order valence-corrected chi connectivity index (χ4v) is 4.63. The highest BCUT2D eigenvalue weighted by atomic mass is 16.4. The molecule has 2 aliphatic rings. The van der Waals surface area contributed by atoms with Gasteiger partial charge in [0, 0.05) is 12.2 Å². The molecule has 0 fully saturated rings. The molecule has 3 aromatic rings. The van der Waals surface area contributed by atoms with Crippen LogP contribution in [-0.4, -0.2) is 50.2 Å². The van der Waals surface area contributed by atoms with E-state index in [1.54, 1.807) is 19.1 Å². The number of carboxylic acid groups (broad SMARTS) is 1. The molecule has 14 nitrogen and oxygen atoms in total. The van der Waals surface area contributed by atoms with Gasteiger partial charge in [0.25, 0.3) is 0 Å². The number of hydrogen-bond acceptors (Lipinski definition) is 12. The Labute approximate surface area is 279 Å². The van der Waals surface area contributed by atoms with E-state index in [1.807, 2.05) is 44.2 Å². The van der Waals surface area contributed by atoms with E-state index in [-0.39, 0.29) is 40.1 Å². The molecule has 2 aliphatic carbocycles. The molecule has 0 bridgehead atoms. The Morgan fingerprint density at radius 2 is 1.29 bits per heavy atom. The van der Waals surface area contributed by atoms with Gasteiger partial charge in [-0.3, -0.25) is 25.2 Å². The van der Waals surface area contributed by atoms with Crippen LogP contribution in [0.3, 0.4) is 0 Å². The summed E-state index contributed by atoms with van der Waals surface area (Å²) in [5, 5.41) is 47.8. The van der Waals surface area contributed by atoms with E-state index in [0.717, 1.165) is 34.4 Å². The van der Waals surface area contributed by atoms with E-state index < -0.39 is 17.7 Å². The van der Waals surface area contributed by atoms with Crippen molar-refractivity contribution in [2.24, 2.45) is 20.4 Å². The van der Waals surface area contributed by atoms with E-state index in [2.05, 4.69) is 36.6 Å². The van der Waals surface area contributed by atoms with Crippen molar-refractivity contribution in [3.8, 4) is 11.1 Å². The van der Waals surface area contributed by atoms with Crippen LogP contribution in [0.15, 0.2) is 117 Å². The maximum absolute atomic E-state index is 12.1. The number of aliphatic carboxylic acids is 1. The number of nitrogens with one attached hydrogen (secondary N) is 3. The van der Waals surface area contributed by atoms with E-state index in [0.29, 0.717) is 22.6 Å². The Bertz CT molecular complexity index is 2140. The minimum absolute atomic E-state index is 0.0423. The number of amides is 1. The molecule has 14 heteroatoms. The van der Waals surface area contributed by atoms with Gasteiger partial charge in [0.05, 0.1) is 22.7 Å². The highest BCUT2D eigenvalue weighted by Crippen LogP contribution is 2.35. The largest absolute Gasteiger partial charge is 0.508 e. The number of aliphatic hydroxyl groups excluding tert-OH is 2. The predicted molar refractivity (Wildman–Crippen MR) is 185 cm³/mol. The van der Waals surface area contributed by atoms with Crippen LogP contribution in [0.25, 0.3) is 11.1 Å². The number of azo groups is 1. The summed E-state index contributed by atoms with van der Waals surface area (Å²) in [6.45, 7) is 5.49. The number of carbonyl (C=O) groups excluding carboxylic acids is 3. The van der Waals surface area contributed by atoms with Crippen LogP contribution in [0.1, 0.15) is 16.7 Å². The summed E-state index contributed by atoms with van der Waals surface area (Å²) >= 11 is 0. The van der Waals surface area contributed by atoms with E-state index in [1.165, 1.54) is 30.4 Å². The molecule has 3 aromatic carbocycles. The summed E-state index contributed by atoms with van der Waals surface area (Å²) in [6.07, 6.45) is 7.50. The molecule has 0 heterocycles. The summed E-state index contributed by atoms with van der Waals surface area (Å²) in [6, 6.07) is 14.3. The summed E-state index contributed by atoms with van der Waals surface area (Å²) < 4.78 is 0. The average Bonchev–Trinajstić information content (AvgIpc) is 3.05. The molecule has 1 amide bonds. The first kappa shape index (κ1) is 33.4. The Kier molecular flexibility index (Phi) is 9.69. The summed E-state index contributed by atoms with van der Waals surface area (Å²) in [5.41, 5.74) is 11.8. The molecule has 0 spiro atoms. The van der Waals surface area contributed by atoms with Crippen molar-refractivity contribution in [2.45, 2.75) is 20.8 Å². The van der Waals surface area contributed by atoms with Crippen molar-refractivity contribution < 1.29 is 34.5 Å². The van der Waals surface area contributed by atoms with Gasteiger partial charge in [0.1, 0.15) is 28.6 Å². The van der Waals surface area contributed by atoms with E-state index in [9.17, 15) is 34.5 Å². The number of allylic oxidation sites excluding steroid dienone is 6. The van der Waals surface area contributed by atoms with E-state index in [4.69, 9.17) is 0 Å². The topological polar surface area (TPSA) is 214 Å². The van der Waals surface area contributed by atoms with Crippen molar-refractivity contribution in [3.05, 3.63) is 113 Å². The van der Waals surface area contributed by atoms with Crippen LogP contribution in [-0.2, 0) is 19.2 Å². The van der Waals surface area contributed by atoms with Crippen LogP contribution in [0.4, 0.5) is 28.4 Å². The normalized spacial score (nSPS) is 15.8. The molecule has 49 heavy (non-hydrogen) atoms. The molecular formula is C35H29N7O7. The average molecular weight is 660 g/mol. The standard InChI is InChI=1S/C35H29N7O7/c1-18-12-21(4-8-25(18)37-39-27-10-6-23(43)15-32(27)45)22-5-9-26(19(2)13-22)38-42-31-14-20(3)29(17-30(31)36-34(47)35(48)49)41-40-28-11-7-24(44)16-33(28)46/h4-17,37,41,43,46H,1-3H3,(H,36,47)(H,48,49). The van der Waals surface area contributed by atoms with Gasteiger partial charge in [0.2, 0.25) is 5.78 Å². The van der Waals surface area contributed by atoms with Gasteiger partial charge < -0.3 is 20.6 Å². The van der Waals surface area contributed by atoms with Crippen molar-refractivity contribution >= 4 is 63.3 Å². The Morgan fingerprint density at radius 3 is 1.96 bits per heavy atom. The molecule has 0 atom stereocenters. The molecular weight excluding hydrogens is 630 g/mol. The molecule has 0 saturated carbocycles. The second kappa shape index (κ2) is 14.2. The minimum atomic E-state index is -1.70. The highest BCUT2D eigenvalue weighted by molar-refractivity contribution is 6.49. The maximum atomic E-state index is 12.1. The van der Waals surface area contributed by atoms with Gasteiger partial charge in [-0.25, -0.2) is 4.79 Å².